The minimum atomic E-state index is -0.454. The molecule has 3 rings (SSSR count). The molecule has 1 aliphatic rings. The fourth-order valence-electron chi connectivity index (χ4n) is 2.14. The first-order valence-corrected chi connectivity index (χ1v) is 7.96. The molecule has 23 heavy (non-hydrogen) atoms. The number of ether oxygens (including phenoxy) is 2. The Balaban J connectivity index is 1.88. The highest BCUT2D eigenvalue weighted by atomic mass is 79.9. The smallest absolute Gasteiger partial charge is 0.363 e. The number of hydrogen-bond donors (Lipinski definition) is 0. The molecule has 0 N–H and O–H groups in total. The fraction of sp³-hybridized carbons (Fsp3) is 0.111. The molecule has 0 saturated heterocycles. The van der Waals surface area contributed by atoms with E-state index in [1.165, 1.54) is 0 Å². The van der Waals surface area contributed by atoms with Gasteiger partial charge in [-0.25, -0.2) is 9.79 Å². The largest absolute Gasteiger partial charge is 0.494 e. The quantitative estimate of drug-likeness (QED) is 0.597. The van der Waals surface area contributed by atoms with Gasteiger partial charge in [0.2, 0.25) is 5.90 Å². The Morgan fingerprint density at radius 1 is 1.22 bits per heavy atom. The number of nitrogens with zero attached hydrogens (tertiary/aromatic N) is 1. The number of halogens is 1. The van der Waals surface area contributed by atoms with Crippen LogP contribution >= 0.6 is 15.9 Å². The zero-order valence-electron chi connectivity index (χ0n) is 12.5. The summed E-state index contributed by atoms with van der Waals surface area (Å²) in [5.74, 6) is 0.616. The Labute approximate surface area is 142 Å². The molecule has 0 aliphatic carbocycles. The van der Waals surface area contributed by atoms with Gasteiger partial charge < -0.3 is 9.47 Å². The second-order valence-electron chi connectivity index (χ2n) is 4.85. The van der Waals surface area contributed by atoms with Gasteiger partial charge in [0.1, 0.15) is 5.75 Å². The number of esters is 1. The minimum Gasteiger partial charge on any atom is -0.494 e. The van der Waals surface area contributed by atoms with E-state index in [0.717, 1.165) is 21.3 Å². The van der Waals surface area contributed by atoms with Crippen LogP contribution in [0.15, 0.2) is 63.7 Å². The normalized spacial score (nSPS) is 15.5. The maximum Gasteiger partial charge on any atom is 0.363 e. The third-order valence-electron chi connectivity index (χ3n) is 3.18. The van der Waals surface area contributed by atoms with Gasteiger partial charge in [-0.3, -0.25) is 0 Å². The van der Waals surface area contributed by atoms with Crippen LogP contribution in [0.25, 0.3) is 6.08 Å². The molecule has 0 radical (unpaired) electrons. The Morgan fingerprint density at radius 2 is 2.00 bits per heavy atom. The molecule has 1 aliphatic heterocycles. The first-order chi connectivity index (χ1) is 11.2. The van der Waals surface area contributed by atoms with Gasteiger partial charge in [-0.15, -0.1) is 0 Å². The van der Waals surface area contributed by atoms with Crippen LogP contribution in [-0.4, -0.2) is 18.5 Å². The lowest BCUT2D eigenvalue weighted by Crippen LogP contribution is -2.05. The molecule has 2 aromatic rings. The van der Waals surface area contributed by atoms with Crippen LogP contribution in [0.3, 0.4) is 0 Å². The SMILES string of the molecule is CCOc1cccc(/C=C2\N=C(c3ccc(Br)cc3)OC2=O)c1. The third-order valence-corrected chi connectivity index (χ3v) is 3.71. The number of hydrogen-bond acceptors (Lipinski definition) is 4. The molecular weight excluding hydrogens is 358 g/mol. The lowest BCUT2D eigenvalue weighted by Gasteiger charge is -2.03. The maximum absolute atomic E-state index is 12.0. The molecule has 0 unspecified atom stereocenters. The Hall–Kier alpha value is -2.40. The first-order valence-electron chi connectivity index (χ1n) is 7.17. The van der Waals surface area contributed by atoms with Gasteiger partial charge in [0, 0.05) is 10.0 Å². The highest BCUT2D eigenvalue weighted by Gasteiger charge is 2.24. The minimum absolute atomic E-state index is 0.275. The van der Waals surface area contributed by atoms with Crippen molar-refractivity contribution in [3.05, 3.63) is 69.8 Å². The van der Waals surface area contributed by atoms with Crippen LogP contribution in [0.1, 0.15) is 18.1 Å². The number of cyclic esters (lactones) is 1. The number of aliphatic imine (C=N–C) groups is 1. The van der Waals surface area contributed by atoms with Crippen LogP contribution in [0.2, 0.25) is 0 Å². The van der Waals surface area contributed by atoms with Gasteiger partial charge >= 0.3 is 5.97 Å². The molecule has 5 heteroatoms. The maximum atomic E-state index is 12.0. The topological polar surface area (TPSA) is 47.9 Å². The summed E-state index contributed by atoms with van der Waals surface area (Å²) in [6.45, 7) is 2.52. The second kappa shape index (κ2) is 6.79. The van der Waals surface area contributed by atoms with Crippen molar-refractivity contribution in [3.63, 3.8) is 0 Å². The van der Waals surface area contributed by atoms with Crippen molar-refractivity contribution >= 4 is 33.9 Å². The number of carbonyl (C=O) groups is 1. The Bertz CT molecular complexity index is 794. The van der Waals surface area contributed by atoms with Gasteiger partial charge in [0.25, 0.3) is 0 Å². The fourth-order valence-corrected chi connectivity index (χ4v) is 2.41. The van der Waals surface area contributed by atoms with Crippen LogP contribution in [0.5, 0.6) is 5.75 Å². The molecule has 0 amide bonds. The summed E-state index contributed by atoms with van der Waals surface area (Å²) in [7, 11) is 0. The molecule has 0 aromatic heterocycles. The van der Waals surface area contributed by atoms with Crippen LogP contribution in [-0.2, 0) is 9.53 Å². The highest BCUT2D eigenvalue weighted by Crippen LogP contribution is 2.22. The zero-order chi connectivity index (χ0) is 16.2. The average Bonchev–Trinajstić information content (AvgIpc) is 2.90. The Morgan fingerprint density at radius 3 is 2.74 bits per heavy atom. The van der Waals surface area contributed by atoms with Crippen molar-refractivity contribution in [1.29, 1.82) is 0 Å². The van der Waals surface area contributed by atoms with Gasteiger partial charge in [-0.2, -0.15) is 0 Å². The number of carbonyl (C=O) groups excluding carboxylic acids is 1. The molecule has 0 bridgehead atoms. The predicted molar refractivity (Wildman–Crippen MR) is 92.4 cm³/mol. The van der Waals surface area contributed by atoms with Crippen molar-refractivity contribution in [2.45, 2.75) is 6.92 Å². The summed E-state index contributed by atoms with van der Waals surface area (Å²) < 4.78 is 11.7. The molecule has 4 nitrogen and oxygen atoms in total. The molecule has 0 spiro atoms. The first kappa shape index (κ1) is 15.5. The van der Waals surface area contributed by atoms with Crippen LogP contribution < -0.4 is 4.74 Å². The zero-order valence-corrected chi connectivity index (χ0v) is 14.0. The van der Waals surface area contributed by atoms with Crippen molar-refractivity contribution in [2.24, 2.45) is 4.99 Å². The van der Waals surface area contributed by atoms with Crippen molar-refractivity contribution < 1.29 is 14.3 Å². The van der Waals surface area contributed by atoms with Crippen molar-refractivity contribution in [1.82, 2.24) is 0 Å². The summed E-state index contributed by atoms with van der Waals surface area (Å²) in [6, 6.07) is 14.9. The van der Waals surface area contributed by atoms with Crippen molar-refractivity contribution in [3.8, 4) is 5.75 Å². The standard InChI is InChI=1S/C18H14BrNO3/c1-2-22-15-5-3-4-12(10-15)11-16-18(21)23-17(20-16)13-6-8-14(19)9-7-13/h3-11H,2H2,1H3/b16-11-. The lowest BCUT2D eigenvalue weighted by atomic mass is 10.2. The van der Waals surface area contributed by atoms with E-state index in [0.29, 0.717) is 12.5 Å². The number of benzene rings is 2. The Kier molecular flexibility index (Phi) is 4.57. The molecule has 0 fully saturated rings. The van der Waals surface area contributed by atoms with Gasteiger partial charge in [-0.05, 0) is 55.0 Å². The van der Waals surface area contributed by atoms with E-state index >= 15 is 0 Å². The van der Waals surface area contributed by atoms with E-state index in [1.54, 1.807) is 6.08 Å². The van der Waals surface area contributed by atoms with Crippen molar-refractivity contribution in [2.75, 3.05) is 6.61 Å². The summed E-state index contributed by atoms with van der Waals surface area (Å²) >= 11 is 3.37. The molecule has 0 saturated carbocycles. The van der Waals surface area contributed by atoms with Gasteiger partial charge in [0.05, 0.1) is 6.61 Å². The van der Waals surface area contributed by atoms with Crippen LogP contribution in [0, 0.1) is 0 Å². The van der Waals surface area contributed by atoms with Crippen LogP contribution in [0.4, 0.5) is 0 Å². The van der Waals surface area contributed by atoms with E-state index in [2.05, 4.69) is 20.9 Å². The monoisotopic (exact) mass is 371 g/mol. The van der Waals surface area contributed by atoms with E-state index in [1.807, 2.05) is 55.5 Å². The third kappa shape index (κ3) is 3.68. The predicted octanol–water partition coefficient (Wildman–Crippen LogP) is 4.19. The summed E-state index contributed by atoms with van der Waals surface area (Å²) in [5.41, 5.74) is 1.87. The molecule has 2 aromatic carbocycles. The molecular formula is C18H14BrNO3. The average molecular weight is 372 g/mol. The molecule has 1 heterocycles. The summed E-state index contributed by atoms with van der Waals surface area (Å²) in [6.07, 6.45) is 1.69. The van der Waals surface area contributed by atoms with Gasteiger partial charge in [-0.1, -0.05) is 28.1 Å². The highest BCUT2D eigenvalue weighted by molar-refractivity contribution is 9.10. The van der Waals surface area contributed by atoms with E-state index in [-0.39, 0.29) is 5.70 Å². The number of rotatable bonds is 4. The molecule has 116 valence electrons. The van der Waals surface area contributed by atoms with E-state index in [9.17, 15) is 4.79 Å². The van der Waals surface area contributed by atoms with Gasteiger partial charge in [0.15, 0.2) is 5.70 Å². The van der Waals surface area contributed by atoms with E-state index < -0.39 is 5.97 Å². The lowest BCUT2D eigenvalue weighted by molar-refractivity contribution is -0.129. The second-order valence-corrected chi connectivity index (χ2v) is 5.76. The molecule has 0 atom stereocenters. The van der Waals surface area contributed by atoms with E-state index in [4.69, 9.17) is 9.47 Å². The summed E-state index contributed by atoms with van der Waals surface area (Å²) in [5, 5.41) is 0. The summed E-state index contributed by atoms with van der Waals surface area (Å²) in [4.78, 5) is 16.3.